The number of rotatable bonds is 6. The molecule has 0 N–H and O–H groups in total. The van der Waals surface area contributed by atoms with Crippen LogP contribution in [0.1, 0.15) is 0 Å². The lowest BCUT2D eigenvalue weighted by Crippen LogP contribution is -2.10. The van der Waals surface area contributed by atoms with Crippen LogP contribution in [0.5, 0.6) is 0 Å². The topological polar surface area (TPSA) is 6.48 Å². The maximum atomic E-state index is 2.41. The zero-order valence-corrected chi connectivity index (χ0v) is 30.7. The van der Waals surface area contributed by atoms with Gasteiger partial charge < -0.3 is 9.80 Å². The van der Waals surface area contributed by atoms with Crippen LogP contribution in [0.25, 0.3) is 54.2 Å². The molecular formula is C52H34N2S. The fraction of sp³-hybridized carbons (Fsp3) is 0. The van der Waals surface area contributed by atoms with Crippen molar-refractivity contribution in [1.29, 1.82) is 0 Å². The van der Waals surface area contributed by atoms with Crippen LogP contribution >= 0.6 is 11.8 Å². The third-order valence-corrected chi connectivity index (χ3v) is 12.0. The summed E-state index contributed by atoms with van der Waals surface area (Å²) in [5.74, 6) is 0. The van der Waals surface area contributed by atoms with Gasteiger partial charge >= 0.3 is 0 Å². The molecule has 0 saturated heterocycles. The Kier molecular flexibility index (Phi) is 7.46. The van der Waals surface area contributed by atoms with E-state index in [9.17, 15) is 0 Å². The zero-order valence-electron chi connectivity index (χ0n) is 29.9. The number of nitrogens with zero attached hydrogens (tertiary/aromatic N) is 2. The van der Waals surface area contributed by atoms with E-state index in [1.54, 1.807) is 0 Å². The van der Waals surface area contributed by atoms with Gasteiger partial charge in [0.1, 0.15) is 0 Å². The second kappa shape index (κ2) is 12.9. The minimum atomic E-state index is 1.13. The van der Waals surface area contributed by atoms with Gasteiger partial charge in [0.25, 0.3) is 0 Å². The molecule has 0 aliphatic carbocycles. The minimum absolute atomic E-state index is 1.13. The third kappa shape index (κ3) is 5.43. The van der Waals surface area contributed by atoms with E-state index in [1.807, 2.05) is 11.8 Å². The van der Waals surface area contributed by atoms with E-state index in [4.69, 9.17) is 0 Å². The van der Waals surface area contributed by atoms with Crippen molar-refractivity contribution in [3.63, 3.8) is 0 Å². The average Bonchev–Trinajstić information content (AvgIpc) is 3.25. The van der Waals surface area contributed by atoms with Gasteiger partial charge in [0, 0.05) is 49.3 Å². The average molecular weight is 719 g/mol. The summed E-state index contributed by atoms with van der Waals surface area (Å²) in [7, 11) is 0. The molecule has 2 nitrogen and oxygen atoms in total. The standard InChI is InChI=1S/C52H34N2S/c1-3-16-40(17-4-1)53(42-25-22-35-12-7-9-14-37(35)30-42)44-27-24-39-32-49-46-29-28-45(34-51(46)55-50-21-11-20-47(52(49)50)48(39)33-44)54(41-18-5-2-6-19-41)43-26-23-36-13-8-10-15-38(36)31-43/h1-34H. The van der Waals surface area contributed by atoms with Crippen LogP contribution in [0.4, 0.5) is 34.1 Å². The quantitative estimate of drug-likeness (QED) is 0.158. The molecule has 0 fully saturated rings. The van der Waals surface area contributed by atoms with E-state index in [1.165, 1.54) is 64.0 Å². The van der Waals surface area contributed by atoms with Crippen LogP contribution in [0.15, 0.2) is 216 Å². The highest BCUT2D eigenvalue weighted by molar-refractivity contribution is 7.99. The molecule has 1 heterocycles. The molecule has 55 heavy (non-hydrogen) atoms. The van der Waals surface area contributed by atoms with E-state index in [0.29, 0.717) is 0 Å². The van der Waals surface area contributed by atoms with Crippen LogP contribution in [-0.4, -0.2) is 0 Å². The van der Waals surface area contributed by atoms with E-state index < -0.39 is 0 Å². The largest absolute Gasteiger partial charge is 0.310 e. The van der Waals surface area contributed by atoms with Gasteiger partial charge in [-0.3, -0.25) is 0 Å². The Bertz CT molecular complexity index is 3080. The fourth-order valence-electron chi connectivity index (χ4n) is 8.36. The molecule has 1 aliphatic rings. The van der Waals surface area contributed by atoms with Crippen LogP contribution in [-0.2, 0) is 0 Å². The van der Waals surface area contributed by atoms with Gasteiger partial charge in [0.15, 0.2) is 0 Å². The summed E-state index contributed by atoms with van der Waals surface area (Å²) >= 11 is 1.88. The first-order valence-corrected chi connectivity index (χ1v) is 19.6. The first-order chi connectivity index (χ1) is 27.2. The highest BCUT2D eigenvalue weighted by Crippen LogP contribution is 2.52. The van der Waals surface area contributed by atoms with Crippen molar-refractivity contribution >= 4 is 89.0 Å². The maximum absolute atomic E-state index is 2.41. The van der Waals surface area contributed by atoms with Crippen molar-refractivity contribution in [3.05, 3.63) is 206 Å². The predicted molar refractivity (Wildman–Crippen MR) is 235 cm³/mol. The number of anilines is 6. The summed E-state index contributed by atoms with van der Waals surface area (Å²) in [6.07, 6.45) is 0. The monoisotopic (exact) mass is 718 g/mol. The second-order valence-electron chi connectivity index (χ2n) is 14.2. The van der Waals surface area contributed by atoms with Gasteiger partial charge in [-0.15, -0.1) is 0 Å². The van der Waals surface area contributed by atoms with Crippen molar-refractivity contribution in [2.45, 2.75) is 9.79 Å². The molecule has 258 valence electrons. The number of para-hydroxylation sites is 2. The Morgan fingerprint density at radius 1 is 0.273 bits per heavy atom. The Hall–Kier alpha value is -6.81. The Labute approximate surface area is 324 Å². The van der Waals surface area contributed by atoms with E-state index >= 15 is 0 Å². The van der Waals surface area contributed by atoms with Crippen LogP contribution < -0.4 is 9.80 Å². The number of hydrogen-bond donors (Lipinski definition) is 0. The predicted octanol–water partition coefficient (Wildman–Crippen LogP) is 15.4. The molecule has 0 amide bonds. The molecule has 0 bridgehead atoms. The maximum Gasteiger partial charge on any atom is 0.0473 e. The molecule has 3 heteroatoms. The van der Waals surface area contributed by atoms with Crippen molar-refractivity contribution in [2.75, 3.05) is 9.80 Å². The van der Waals surface area contributed by atoms with Gasteiger partial charge in [-0.25, -0.2) is 0 Å². The zero-order chi connectivity index (χ0) is 36.3. The Morgan fingerprint density at radius 3 is 1.40 bits per heavy atom. The van der Waals surface area contributed by atoms with Gasteiger partial charge in [-0.05, 0) is 134 Å². The molecule has 0 aromatic heterocycles. The van der Waals surface area contributed by atoms with Gasteiger partial charge in [-0.1, -0.05) is 133 Å². The first kappa shape index (κ1) is 31.7. The number of hydrogen-bond acceptors (Lipinski definition) is 3. The van der Waals surface area contributed by atoms with Crippen molar-refractivity contribution in [3.8, 4) is 11.1 Å². The molecule has 1 aliphatic heterocycles. The molecule has 10 aromatic carbocycles. The highest BCUT2D eigenvalue weighted by Gasteiger charge is 2.24. The molecular weight excluding hydrogens is 685 g/mol. The highest BCUT2D eigenvalue weighted by atomic mass is 32.2. The van der Waals surface area contributed by atoms with E-state index in [0.717, 1.165) is 34.1 Å². The van der Waals surface area contributed by atoms with Crippen LogP contribution in [0.3, 0.4) is 0 Å². The molecule has 0 saturated carbocycles. The van der Waals surface area contributed by atoms with Gasteiger partial charge in [-0.2, -0.15) is 0 Å². The Balaban J connectivity index is 1.05. The number of fused-ring (bicyclic) bond motifs is 6. The van der Waals surface area contributed by atoms with Crippen molar-refractivity contribution < 1.29 is 0 Å². The molecule has 0 radical (unpaired) electrons. The van der Waals surface area contributed by atoms with E-state index in [2.05, 4.69) is 216 Å². The van der Waals surface area contributed by atoms with Crippen molar-refractivity contribution in [2.24, 2.45) is 0 Å². The van der Waals surface area contributed by atoms with Crippen LogP contribution in [0.2, 0.25) is 0 Å². The fourth-order valence-corrected chi connectivity index (χ4v) is 9.53. The molecule has 0 unspecified atom stereocenters. The third-order valence-electron chi connectivity index (χ3n) is 10.9. The van der Waals surface area contributed by atoms with Crippen LogP contribution in [0, 0.1) is 0 Å². The van der Waals surface area contributed by atoms with Gasteiger partial charge in [0.2, 0.25) is 0 Å². The minimum Gasteiger partial charge on any atom is -0.310 e. The van der Waals surface area contributed by atoms with E-state index in [-0.39, 0.29) is 0 Å². The molecule has 0 spiro atoms. The molecule has 10 aromatic rings. The summed E-state index contributed by atoms with van der Waals surface area (Å²) < 4.78 is 0. The normalized spacial score (nSPS) is 11.9. The lowest BCUT2D eigenvalue weighted by Gasteiger charge is -2.28. The van der Waals surface area contributed by atoms with Gasteiger partial charge in [0.05, 0.1) is 0 Å². The summed E-state index contributed by atoms with van der Waals surface area (Å²) in [4.78, 5) is 7.30. The molecule has 11 rings (SSSR count). The lowest BCUT2D eigenvalue weighted by atomic mass is 9.92. The van der Waals surface area contributed by atoms with Crippen molar-refractivity contribution in [1.82, 2.24) is 0 Å². The summed E-state index contributed by atoms with van der Waals surface area (Å²) in [5.41, 5.74) is 9.39. The summed E-state index contributed by atoms with van der Waals surface area (Å²) in [5, 5.41) is 10.0. The smallest absolute Gasteiger partial charge is 0.0473 e. The number of benzene rings is 10. The SMILES string of the molecule is c1ccc(N(c2ccc3c(c2)Sc2cccc4c2c-3cc2ccc(N(c3ccccc3)c3ccc5ccccc5c3)cc24)c2ccc3ccccc3c2)cc1. The summed E-state index contributed by atoms with van der Waals surface area (Å²) in [6.45, 7) is 0. The molecule has 0 atom stereocenters. The first-order valence-electron chi connectivity index (χ1n) is 18.7. The summed E-state index contributed by atoms with van der Waals surface area (Å²) in [6, 6.07) is 75.2. The lowest BCUT2D eigenvalue weighted by molar-refractivity contribution is 1.26. The second-order valence-corrected chi connectivity index (χ2v) is 15.3. The Morgan fingerprint density at radius 2 is 0.782 bits per heavy atom.